The molecule has 1 fully saturated rings. The SMILES string of the molecule is COC(=O)c1oc2ccccc2c1C1CNCCO1. The lowest BCUT2D eigenvalue weighted by Gasteiger charge is -2.23. The first-order valence-electron chi connectivity index (χ1n) is 6.23. The number of methoxy groups -OCH3 is 1. The van der Waals surface area contributed by atoms with E-state index in [0.29, 0.717) is 18.7 Å². The van der Waals surface area contributed by atoms with Crippen molar-refractivity contribution in [2.45, 2.75) is 6.10 Å². The van der Waals surface area contributed by atoms with Gasteiger partial charge in [-0.15, -0.1) is 0 Å². The standard InChI is InChI=1S/C14H15NO4/c1-17-14(16)13-12(11-8-15-6-7-18-11)9-4-2-3-5-10(9)19-13/h2-5,11,15H,6-8H2,1H3. The number of rotatable bonds is 2. The summed E-state index contributed by atoms with van der Waals surface area (Å²) in [6.45, 7) is 2.10. The topological polar surface area (TPSA) is 60.7 Å². The Balaban J connectivity index is 2.15. The molecule has 1 saturated heterocycles. The first kappa shape index (κ1) is 12.2. The Kier molecular flexibility index (Phi) is 3.23. The number of benzene rings is 1. The molecular formula is C14H15NO4. The summed E-state index contributed by atoms with van der Waals surface area (Å²) >= 11 is 0. The summed E-state index contributed by atoms with van der Waals surface area (Å²) in [5, 5.41) is 4.15. The summed E-state index contributed by atoms with van der Waals surface area (Å²) in [6, 6.07) is 7.55. The molecule has 1 aliphatic rings. The predicted molar refractivity (Wildman–Crippen MR) is 69.1 cm³/mol. The first-order chi connectivity index (χ1) is 9.31. The van der Waals surface area contributed by atoms with Gasteiger partial charge in [0.1, 0.15) is 5.58 Å². The Hall–Kier alpha value is -1.85. The molecule has 19 heavy (non-hydrogen) atoms. The summed E-state index contributed by atoms with van der Waals surface area (Å²) in [5.41, 5.74) is 1.45. The van der Waals surface area contributed by atoms with Crippen LogP contribution in [0.25, 0.3) is 11.0 Å². The third kappa shape index (κ3) is 2.11. The summed E-state index contributed by atoms with van der Waals surface area (Å²) in [6.07, 6.45) is -0.188. The summed E-state index contributed by atoms with van der Waals surface area (Å²) in [4.78, 5) is 11.9. The van der Waals surface area contributed by atoms with Gasteiger partial charge in [-0.2, -0.15) is 0 Å². The predicted octanol–water partition coefficient (Wildman–Crippen LogP) is 1.88. The minimum atomic E-state index is -0.472. The van der Waals surface area contributed by atoms with E-state index in [-0.39, 0.29) is 11.9 Å². The molecule has 2 aromatic rings. The maximum absolute atomic E-state index is 11.9. The number of morpholine rings is 1. The van der Waals surface area contributed by atoms with Crippen molar-refractivity contribution >= 4 is 16.9 Å². The van der Waals surface area contributed by atoms with Crippen molar-refractivity contribution in [1.82, 2.24) is 5.32 Å². The second kappa shape index (κ2) is 5.03. The normalized spacial score (nSPS) is 19.5. The van der Waals surface area contributed by atoms with E-state index in [1.807, 2.05) is 24.3 Å². The number of furan rings is 1. The number of para-hydroxylation sites is 1. The fourth-order valence-electron chi connectivity index (χ4n) is 2.38. The van der Waals surface area contributed by atoms with Gasteiger partial charge in [-0.3, -0.25) is 0 Å². The highest BCUT2D eigenvalue weighted by Crippen LogP contribution is 2.33. The molecule has 0 saturated carbocycles. The molecule has 5 heteroatoms. The van der Waals surface area contributed by atoms with Crippen molar-refractivity contribution in [2.75, 3.05) is 26.8 Å². The number of hydrogen-bond acceptors (Lipinski definition) is 5. The summed E-state index contributed by atoms with van der Waals surface area (Å²) < 4.78 is 16.1. The number of hydrogen-bond donors (Lipinski definition) is 1. The fraction of sp³-hybridized carbons (Fsp3) is 0.357. The average Bonchev–Trinajstić information content (AvgIpc) is 2.86. The lowest BCUT2D eigenvalue weighted by Crippen LogP contribution is -2.33. The highest BCUT2D eigenvalue weighted by Gasteiger charge is 2.28. The van der Waals surface area contributed by atoms with Crippen LogP contribution in [0.4, 0.5) is 0 Å². The Morgan fingerprint density at radius 3 is 3.00 bits per heavy atom. The number of esters is 1. The number of nitrogens with one attached hydrogen (secondary N) is 1. The lowest BCUT2D eigenvalue weighted by molar-refractivity contribution is 0.0255. The van der Waals surface area contributed by atoms with Gasteiger partial charge in [0.15, 0.2) is 0 Å². The zero-order valence-corrected chi connectivity index (χ0v) is 10.6. The quantitative estimate of drug-likeness (QED) is 0.836. The molecule has 1 aliphatic heterocycles. The van der Waals surface area contributed by atoms with Gasteiger partial charge in [0.2, 0.25) is 5.76 Å². The monoisotopic (exact) mass is 261 g/mol. The van der Waals surface area contributed by atoms with Crippen LogP contribution in [0.15, 0.2) is 28.7 Å². The molecule has 1 atom stereocenters. The van der Waals surface area contributed by atoms with Crippen molar-refractivity contribution in [3.8, 4) is 0 Å². The molecular weight excluding hydrogens is 246 g/mol. The van der Waals surface area contributed by atoms with E-state index in [4.69, 9.17) is 13.9 Å². The third-order valence-corrected chi connectivity index (χ3v) is 3.25. The third-order valence-electron chi connectivity index (χ3n) is 3.25. The van der Waals surface area contributed by atoms with Crippen molar-refractivity contribution in [3.05, 3.63) is 35.6 Å². The van der Waals surface area contributed by atoms with Gasteiger partial charge < -0.3 is 19.2 Å². The minimum Gasteiger partial charge on any atom is -0.463 e. The zero-order valence-electron chi connectivity index (χ0n) is 10.6. The van der Waals surface area contributed by atoms with E-state index in [0.717, 1.165) is 17.5 Å². The molecule has 1 aromatic carbocycles. The molecule has 100 valence electrons. The molecule has 0 bridgehead atoms. The molecule has 0 aliphatic carbocycles. The Morgan fingerprint density at radius 1 is 1.42 bits per heavy atom. The van der Waals surface area contributed by atoms with Gasteiger partial charge in [-0.1, -0.05) is 18.2 Å². The number of ether oxygens (including phenoxy) is 2. The Bertz CT molecular complexity index is 599. The fourth-order valence-corrected chi connectivity index (χ4v) is 2.38. The van der Waals surface area contributed by atoms with E-state index < -0.39 is 5.97 Å². The zero-order chi connectivity index (χ0) is 13.2. The van der Waals surface area contributed by atoms with Crippen molar-refractivity contribution in [1.29, 1.82) is 0 Å². The molecule has 0 amide bonds. The van der Waals surface area contributed by atoms with E-state index in [1.165, 1.54) is 7.11 Å². The molecule has 1 N–H and O–H groups in total. The largest absolute Gasteiger partial charge is 0.463 e. The second-order valence-corrected chi connectivity index (χ2v) is 4.40. The average molecular weight is 261 g/mol. The van der Waals surface area contributed by atoms with E-state index in [2.05, 4.69) is 5.32 Å². The highest BCUT2D eigenvalue weighted by molar-refractivity contribution is 5.96. The van der Waals surface area contributed by atoms with Gasteiger partial charge >= 0.3 is 5.97 Å². The molecule has 1 aromatic heterocycles. The van der Waals surface area contributed by atoms with Crippen LogP contribution in [-0.2, 0) is 9.47 Å². The van der Waals surface area contributed by atoms with E-state index in [9.17, 15) is 4.79 Å². The lowest BCUT2D eigenvalue weighted by atomic mass is 10.0. The van der Waals surface area contributed by atoms with Crippen LogP contribution in [-0.4, -0.2) is 32.8 Å². The van der Waals surface area contributed by atoms with Crippen molar-refractivity contribution < 1.29 is 18.7 Å². The summed E-state index contributed by atoms with van der Waals surface area (Å²) in [7, 11) is 1.35. The molecule has 0 spiro atoms. The maximum Gasteiger partial charge on any atom is 0.374 e. The van der Waals surface area contributed by atoms with Gasteiger partial charge in [0.05, 0.1) is 19.8 Å². The van der Waals surface area contributed by atoms with Crippen LogP contribution in [0.1, 0.15) is 22.2 Å². The van der Waals surface area contributed by atoms with E-state index in [1.54, 1.807) is 0 Å². The minimum absolute atomic E-state index is 0.188. The van der Waals surface area contributed by atoms with Gasteiger partial charge in [0, 0.05) is 24.0 Å². The molecule has 0 radical (unpaired) electrons. The van der Waals surface area contributed by atoms with Gasteiger partial charge in [-0.05, 0) is 6.07 Å². The highest BCUT2D eigenvalue weighted by atomic mass is 16.5. The molecule has 1 unspecified atom stereocenters. The number of fused-ring (bicyclic) bond motifs is 1. The first-order valence-corrected chi connectivity index (χ1v) is 6.23. The number of carbonyl (C=O) groups excluding carboxylic acids is 1. The second-order valence-electron chi connectivity index (χ2n) is 4.40. The molecule has 3 rings (SSSR count). The van der Waals surface area contributed by atoms with Crippen molar-refractivity contribution in [3.63, 3.8) is 0 Å². The van der Waals surface area contributed by atoms with Crippen LogP contribution in [0.5, 0.6) is 0 Å². The van der Waals surface area contributed by atoms with Gasteiger partial charge in [0.25, 0.3) is 0 Å². The van der Waals surface area contributed by atoms with Crippen LogP contribution in [0.2, 0.25) is 0 Å². The van der Waals surface area contributed by atoms with Crippen LogP contribution in [0, 0.1) is 0 Å². The van der Waals surface area contributed by atoms with Crippen LogP contribution < -0.4 is 5.32 Å². The number of carbonyl (C=O) groups is 1. The van der Waals surface area contributed by atoms with Crippen molar-refractivity contribution in [2.24, 2.45) is 0 Å². The van der Waals surface area contributed by atoms with Crippen LogP contribution in [0.3, 0.4) is 0 Å². The van der Waals surface area contributed by atoms with Crippen LogP contribution >= 0.6 is 0 Å². The summed E-state index contributed by atoms with van der Waals surface area (Å²) in [5.74, 6) is -0.238. The molecule has 5 nitrogen and oxygen atoms in total. The Morgan fingerprint density at radius 2 is 2.26 bits per heavy atom. The Labute approximate surface area is 110 Å². The maximum atomic E-state index is 11.9. The van der Waals surface area contributed by atoms with E-state index >= 15 is 0 Å². The molecule has 2 heterocycles. The smallest absolute Gasteiger partial charge is 0.374 e. The van der Waals surface area contributed by atoms with Gasteiger partial charge in [-0.25, -0.2) is 4.79 Å².